The standard InChI is InChI=1S/C12H10N4O2/c1-15-11-5-4-8(16(17)18)7-9(11)12(14-15)10-3-2-6-13-10/h2-7,13H,1H3. The van der Waals surface area contributed by atoms with E-state index in [2.05, 4.69) is 10.1 Å². The highest BCUT2D eigenvalue weighted by atomic mass is 16.6. The van der Waals surface area contributed by atoms with Crippen molar-refractivity contribution < 1.29 is 4.92 Å². The first-order valence-corrected chi connectivity index (χ1v) is 5.42. The molecule has 2 aromatic heterocycles. The summed E-state index contributed by atoms with van der Waals surface area (Å²) in [7, 11) is 1.82. The van der Waals surface area contributed by atoms with Crippen LogP contribution in [-0.4, -0.2) is 19.7 Å². The van der Waals surface area contributed by atoms with Crippen LogP contribution in [0.25, 0.3) is 22.3 Å². The van der Waals surface area contributed by atoms with Gasteiger partial charge in [0.15, 0.2) is 0 Å². The van der Waals surface area contributed by atoms with Gasteiger partial charge < -0.3 is 4.98 Å². The van der Waals surface area contributed by atoms with Gasteiger partial charge in [0.05, 0.1) is 16.1 Å². The van der Waals surface area contributed by atoms with Crippen molar-refractivity contribution in [2.75, 3.05) is 0 Å². The van der Waals surface area contributed by atoms with Gasteiger partial charge in [0.2, 0.25) is 0 Å². The number of aryl methyl sites for hydroxylation is 1. The molecular weight excluding hydrogens is 232 g/mol. The molecular formula is C12H10N4O2. The third-order valence-electron chi connectivity index (χ3n) is 2.90. The minimum absolute atomic E-state index is 0.0725. The number of rotatable bonds is 2. The van der Waals surface area contributed by atoms with Crippen LogP contribution in [0.2, 0.25) is 0 Å². The Hall–Kier alpha value is -2.63. The van der Waals surface area contributed by atoms with Gasteiger partial charge in [-0.05, 0) is 18.2 Å². The number of aromatic amines is 1. The lowest BCUT2D eigenvalue weighted by atomic mass is 10.1. The monoisotopic (exact) mass is 242 g/mol. The molecule has 0 aliphatic rings. The molecule has 0 fully saturated rings. The Bertz CT molecular complexity index is 728. The lowest BCUT2D eigenvalue weighted by Crippen LogP contribution is -1.90. The summed E-state index contributed by atoms with van der Waals surface area (Å²) < 4.78 is 1.72. The smallest absolute Gasteiger partial charge is 0.270 e. The quantitative estimate of drug-likeness (QED) is 0.554. The van der Waals surface area contributed by atoms with Crippen LogP contribution in [0, 0.1) is 10.1 Å². The lowest BCUT2D eigenvalue weighted by molar-refractivity contribution is -0.384. The summed E-state index contributed by atoms with van der Waals surface area (Å²) in [5.41, 5.74) is 2.51. The van der Waals surface area contributed by atoms with Gasteiger partial charge in [0, 0.05) is 30.8 Å². The molecule has 2 heterocycles. The Morgan fingerprint density at radius 3 is 2.89 bits per heavy atom. The number of aromatic nitrogens is 3. The molecule has 0 amide bonds. The van der Waals surface area contributed by atoms with E-state index in [9.17, 15) is 10.1 Å². The fourth-order valence-corrected chi connectivity index (χ4v) is 2.04. The predicted octanol–water partition coefficient (Wildman–Crippen LogP) is 2.48. The zero-order valence-corrected chi connectivity index (χ0v) is 9.62. The molecule has 0 radical (unpaired) electrons. The van der Waals surface area contributed by atoms with Crippen LogP contribution in [0.15, 0.2) is 36.5 Å². The van der Waals surface area contributed by atoms with E-state index in [1.54, 1.807) is 23.0 Å². The second-order valence-corrected chi connectivity index (χ2v) is 4.01. The fraction of sp³-hybridized carbons (Fsp3) is 0.0833. The SMILES string of the molecule is Cn1nc(-c2ccc[nH]2)c2cc([N+](=O)[O-])ccc21. The summed E-state index contributed by atoms with van der Waals surface area (Å²) in [5, 5.41) is 16.0. The van der Waals surface area contributed by atoms with E-state index in [1.807, 2.05) is 19.2 Å². The third kappa shape index (κ3) is 1.46. The number of benzene rings is 1. The Balaban J connectivity index is 2.32. The average molecular weight is 242 g/mol. The number of hydrogen-bond acceptors (Lipinski definition) is 3. The van der Waals surface area contributed by atoms with Crippen LogP contribution < -0.4 is 0 Å². The lowest BCUT2D eigenvalue weighted by Gasteiger charge is -1.95. The van der Waals surface area contributed by atoms with E-state index >= 15 is 0 Å². The molecule has 1 N–H and O–H groups in total. The van der Waals surface area contributed by atoms with Crippen LogP contribution in [0.4, 0.5) is 5.69 Å². The molecule has 0 aliphatic carbocycles. The van der Waals surface area contributed by atoms with Crippen molar-refractivity contribution in [1.82, 2.24) is 14.8 Å². The molecule has 0 unspecified atom stereocenters. The van der Waals surface area contributed by atoms with Gasteiger partial charge in [-0.1, -0.05) is 0 Å². The molecule has 0 bridgehead atoms. The molecule has 3 aromatic rings. The summed E-state index contributed by atoms with van der Waals surface area (Å²) in [6, 6.07) is 8.52. The molecule has 6 heteroatoms. The van der Waals surface area contributed by atoms with E-state index < -0.39 is 4.92 Å². The molecule has 1 aromatic carbocycles. The van der Waals surface area contributed by atoms with Gasteiger partial charge in [-0.3, -0.25) is 14.8 Å². The van der Waals surface area contributed by atoms with Gasteiger partial charge in [-0.25, -0.2) is 0 Å². The second kappa shape index (κ2) is 3.69. The predicted molar refractivity (Wildman–Crippen MR) is 67.2 cm³/mol. The number of hydrogen-bond donors (Lipinski definition) is 1. The minimum atomic E-state index is -0.398. The zero-order valence-electron chi connectivity index (χ0n) is 9.62. The number of nitro benzene ring substituents is 1. The minimum Gasteiger partial charge on any atom is -0.360 e. The van der Waals surface area contributed by atoms with Crippen molar-refractivity contribution in [3.05, 3.63) is 46.6 Å². The van der Waals surface area contributed by atoms with Crippen LogP contribution in [0.5, 0.6) is 0 Å². The highest BCUT2D eigenvalue weighted by Crippen LogP contribution is 2.29. The van der Waals surface area contributed by atoms with Crippen molar-refractivity contribution in [2.24, 2.45) is 7.05 Å². The Morgan fingerprint density at radius 1 is 1.39 bits per heavy atom. The number of nitro groups is 1. The van der Waals surface area contributed by atoms with Crippen molar-refractivity contribution in [3.8, 4) is 11.4 Å². The molecule has 0 spiro atoms. The topological polar surface area (TPSA) is 76.8 Å². The highest BCUT2D eigenvalue weighted by molar-refractivity contribution is 5.93. The number of H-pyrrole nitrogens is 1. The molecule has 0 saturated heterocycles. The Kier molecular flexibility index (Phi) is 2.16. The average Bonchev–Trinajstić information content (AvgIpc) is 2.97. The first-order valence-electron chi connectivity index (χ1n) is 5.42. The Morgan fingerprint density at radius 2 is 2.22 bits per heavy atom. The molecule has 6 nitrogen and oxygen atoms in total. The first kappa shape index (κ1) is 10.5. The highest BCUT2D eigenvalue weighted by Gasteiger charge is 2.15. The van der Waals surface area contributed by atoms with E-state index in [-0.39, 0.29) is 5.69 Å². The summed E-state index contributed by atoms with van der Waals surface area (Å²) >= 11 is 0. The van der Waals surface area contributed by atoms with Crippen LogP contribution in [0.3, 0.4) is 0 Å². The fourth-order valence-electron chi connectivity index (χ4n) is 2.04. The molecule has 0 aliphatic heterocycles. The maximum absolute atomic E-state index is 10.8. The summed E-state index contributed by atoms with van der Waals surface area (Å²) in [5.74, 6) is 0. The van der Waals surface area contributed by atoms with Gasteiger partial charge in [0.25, 0.3) is 5.69 Å². The zero-order chi connectivity index (χ0) is 12.7. The number of nitrogens with one attached hydrogen (secondary N) is 1. The second-order valence-electron chi connectivity index (χ2n) is 4.01. The van der Waals surface area contributed by atoms with E-state index in [0.717, 1.165) is 22.3 Å². The summed E-state index contributed by atoms with van der Waals surface area (Å²) in [6.45, 7) is 0. The van der Waals surface area contributed by atoms with Crippen molar-refractivity contribution in [2.45, 2.75) is 0 Å². The first-order chi connectivity index (χ1) is 8.66. The van der Waals surface area contributed by atoms with Crippen LogP contribution >= 0.6 is 0 Å². The van der Waals surface area contributed by atoms with Crippen LogP contribution in [-0.2, 0) is 7.05 Å². The normalized spacial score (nSPS) is 10.9. The van der Waals surface area contributed by atoms with Gasteiger partial charge in [-0.15, -0.1) is 0 Å². The molecule has 3 rings (SSSR count). The largest absolute Gasteiger partial charge is 0.360 e. The molecule has 0 saturated carbocycles. The molecule has 18 heavy (non-hydrogen) atoms. The maximum Gasteiger partial charge on any atom is 0.270 e. The van der Waals surface area contributed by atoms with Gasteiger partial charge in [-0.2, -0.15) is 5.10 Å². The Labute approximate surface area is 102 Å². The maximum atomic E-state index is 10.8. The van der Waals surface area contributed by atoms with Crippen molar-refractivity contribution in [1.29, 1.82) is 0 Å². The molecule has 0 atom stereocenters. The van der Waals surface area contributed by atoms with E-state index in [1.165, 1.54) is 6.07 Å². The number of non-ortho nitro benzene ring substituents is 1. The van der Waals surface area contributed by atoms with Crippen molar-refractivity contribution in [3.63, 3.8) is 0 Å². The summed E-state index contributed by atoms with van der Waals surface area (Å²) in [4.78, 5) is 13.5. The summed E-state index contributed by atoms with van der Waals surface area (Å²) in [6.07, 6.45) is 1.80. The van der Waals surface area contributed by atoms with Crippen molar-refractivity contribution >= 4 is 16.6 Å². The van der Waals surface area contributed by atoms with E-state index in [0.29, 0.717) is 0 Å². The molecule has 90 valence electrons. The third-order valence-corrected chi connectivity index (χ3v) is 2.90. The van der Waals surface area contributed by atoms with Gasteiger partial charge in [0.1, 0.15) is 5.69 Å². The number of fused-ring (bicyclic) bond motifs is 1. The van der Waals surface area contributed by atoms with Gasteiger partial charge >= 0.3 is 0 Å². The van der Waals surface area contributed by atoms with E-state index in [4.69, 9.17) is 0 Å². The van der Waals surface area contributed by atoms with Crippen LogP contribution in [0.1, 0.15) is 0 Å². The number of nitrogens with zero attached hydrogens (tertiary/aromatic N) is 3.